The zero-order valence-corrected chi connectivity index (χ0v) is 14.3. The fraction of sp³-hybridized carbons (Fsp3) is 0.364. The van der Waals surface area contributed by atoms with Crippen LogP contribution in [0.25, 0.3) is 16.5 Å². The first-order chi connectivity index (χ1) is 12.3. The van der Waals surface area contributed by atoms with Gasteiger partial charge in [-0.05, 0) is 61.8 Å². The van der Waals surface area contributed by atoms with E-state index in [1.54, 1.807) is 0 Å². The van der Waals surface area contributed by atoms with E-state index in [1.165, 1.54) is 16.8 Å². The fourth-order valence-electron chi connectivity index (χ4n) is 4.80. The number of allylic oxidation sites excluding steroid dienone is 3. The van der Waals surface area contributed by atoms with Gasteiger partial charge in [0.05, 0.1) is 11.6 Å². The number of nitrogens with zero attached hydrogens (tertiary/aromatic N) is 1. The largest absolute Gasteiger partial charge is 0.377 e. The molecule has 0 saturated carbocycles. The maximum Gasteiger partial charge on any atom is 0.161 e. The van der Waals surface area contributed by atoms with Crippen LogP contribution in [0.5, 0.6) is 0 Å². The number of pyridine rings is 1. The van der Waals surface area contributed by atoms with Crippen molar-refractivity contribution in [3.05, 3.63) is 53.8 Å². The van der Waals surface area contributed by atoms with Gasteiger partial charge in [0.25, 0.3) is 0 Å². The van der Waals surface area contributed by atoms with Crippen LogP contribution in [0, 0.1) is 5.92 Å². The molecule has 2 atom stereocenters. The lowest BCUT2D eigenvalue weighted by atomic mass is 9.73. The van der Waals surface area contributed by atoms with E-state index in [4.69, 9.17) is 0 Å². The molecule has 0 amide bonds. The van der Waals surface area contributed by atoms with Crippen molar-refractivity contribution in [1.29, 1.82) is 0 Å². The summed E-state index contributed by atoms with van der Waals surface area (Å²) in [5.41, 5.74) is 5.75. The molecular weight excluding hydrogens is 308 g/mol. The van der Waals surface area contributed by atoms with Crippen molar-refractivity contribution in [3.8, 4) is 0 Å². The van der Waals surface area contributed by atoms with Gasteiger partial charge in [-0.25, -0.2) is 0 Å². The van der Waals surface area contributed by atoms with Crippen molar-refractivity contribution in [2.24, 2.45) is 5.92 Å². The highest BCUT2D eigenvalue weighted by atomic mass is 16.1. The van der Waals surface area contributed by atoms with E-state index in [2.05, 4.69) is 40.7 Å². The summed E-state index contributed by atoms with van der Waals surface area (Å²) >= 11 is 0. The monoisotopic (exact) mass is 330 g/mol. The van der Waals surface area contributed by atoms with Crippen LogP contribution in [0.2, 0.25) is 0 Å². The van der Waals surface area contributed by atoms with Crippen LogP contribution in [-0.2, 0) is 4.79 Å². The molecule has 2 aliphatic carbocycles. The van der Waals surface area contributed by atoms with Crippen molar-refractivity contribution < 1.29 is 4.79 Å². The minimum absolute atomic E-state index is 0.161. The topological polar surface area (TPSA) is 42.0 Å². The van der Waals surface area contributed by atoms with Crippen LogP contribution in [0.4, 0.5) is 5.69 Å². The van der Waals surface area contributed by atoms with E-state index in [9.17, 15) is 4.79 Å². The number of benzene rings is 1. The summed E-state index contributed by atoms with van der Waals surface area (Å²) in [6.07, 6.45) is 12.4. The third-order valence-electron chi connectivity index (χ3n) is 5.95. The summed E-state index contributed by atoms with van der Waals surface area (Å²) < 4.78 is 0. The van der Waals surface area contributed by atoms with E-state index in [0.29, 0.717) is 18.1 Å². The third kappa shape index (κ3) is 2.33. The molecule has 0 bridgehead atoms. The van der Waals surface area contributed by atoms with Crippen LogP contribution in [-0.4, -0.2) is 16.8 Å². The Labute approximate surface area is 147 Å². The number of aromatic nitrogens is 1. The Morgan fingerprint density at radius 3 is 2.96 bits per heavy atom. The number of Topliss-reactive ketones (excluding diaryl/α,β-unsaturated/α-hetero) is 1. The molecule has 5 rings (SSSR count). The number of nitrogens with one attached hydrogen (secondary N) is 1. The maximum absolute atomic E-state index is 12.9. The molecule has 3 nitrogen and oxygen atoms in total. The van der Waals surface area contributed by atoms with Crippen molar-refractivity contribution in [2.75, 3.05) is 5.32 Å². The first-order valence-electron chi connectivity index (χ1n) is 9.39. The normalized spacial score (nSPS) is 25.5. The SMILES string of the molecule is O=C1CCCC2=C1[C@@H]([C@H]1CC=CCC1)Nc1ccc3ncccc3c12. The number of hydrogen-bond acceptors (Lipinski definition) is 3. The highest BCUT2D eigenvalue weighted by Gasteiger charge is 2.37. The number of fused-ring (bicyclic) bond motifs is 4. The van der Waals surface area contributed by atoms with Crippen LogP contribution in [0.1, 0.15) is 44.1 Å². The molecule has 3 aliphatic rings. The second-order valence-corrected chi connectivity index (χ2v) is 7.39. The Morgan fingerprint density at radius 1 is 1.12 bits per heavy atom. The van der Waals surface area contributed by atoms with Gasteiger partial charge in [-0.3, -0.25) is 9.78 Å². The molecule has 1 N–H and O–H groups in total. The minimum atomic E-state index is 0.161. The number of anilines is 1. The molecule has 0 fully saturated rings. The van der Waals surface area contributed by atoms with Gasteiger partial charge >= 0.3 is 0 Å². The second-order valence-electron chi connectivity index (χ2n) is 7.39. The molecule has 0 saturated heterocycles. The zero-order valence-electron chi connectivity index (χ0n) is 14.3. The molecule has 2 aromatic rings. The highest BCUT2D eigenvalue weighted by molar-refractivity contribution is 6.12. The summed E-state index contributed by atoms with van der Waals surface area (Å²) in [5, 5.41) is 4.91. The Kier molecular flexibility index (Phi) is 3.47. The Bertz CT molecular complexity index is 925. The molecule has 2 heterocycles. The number of hydrogen-bond donors (Lipinski definition) is 1. The van der Waals surface area contributed by atoms with Gasteiger partial charge in [-0.2, -0.15) is 0 Å². The van der Waals surface area contributed by atoms with Gasteiger partial charge in [0.1, 0.15) is 0 Å². The lowest BCUT2D eigenvalue weighted by Gasteiger charge is -2.39. The average Bonchev–Trinajstić information content (AvgIpc) is 2.68. The first-order valence-corrected chi connectivity index (χ1v) is 9.39. The average molecular weight is 330 g/mol. The Balaban J connectivity index is 1.73. The molecule has 0 radical (unpaired) electrons. The van der Waals surface area contributed by atoms with Gasteiger partial charge in [0, 0.05) is 34.8 Å². The van der Waals surface area contributed by atoms with Crippen LogP contribution in [0.3, 0.4) is 0 Å². The van der Waals surface area contributed by atoms with Crippen molar-refractivity contribution >= 4 is 27.9 Å². The zero-order chi connectivity index (χ0) is 16.8. The molecule has 0 spiro atoms. The first kappa shape index (κ1) is 14.9. The molecule has 126 valence electrons. The number of rotatable bonds is 1. The third-order valence-corrected chi connectivity index (χ3v) is 5.95. The molecular formula is C22H22N2O. The summed E-state index contributed by atoms with van der Waals surface area (Å²) in [6, 6.07) is 8.53. The minimum Gasteiger partial charge on any atom is -0.377 e. The highest BCUT2D eigenvalue weighted by Crippen LogP contribution is 2.46. The van der Waals surface area contributed by atoms with E-state index in [1.807, 2.05) is 12.3 Å². The van der Waals surface area contributed by atoms with Crippen molar-refractivity contribution in [3.63, 3.8) is 0 Å². The quantitative estimate of drug-likeness (QED) is 0.757. The number of carbonyl (C=O) groups is 1. The molecule has 25 heavy (non-hydrogen) atoms. The molecule has 0 unspecified atom stereocenters. The number of carbonyl (C=O) groups excluding carboxylic acids is 1. The standard InChI is InChI=1S/C22H22N2O/c25-19-10-4-8-16-20-15-9-5-13-23-17(15)11-12-18(20)24-22(21(16)19)14-6-2-1-3-7-14/h1-2,5,9,11-14,22,24H,3-4,6-8,10H2/t14-,22+/m0/s1. The van der Waals surface area contributed by atoms with Gasteiger partial charge in [-0.15, -0.1) is 0 Å². The van der Waals surface area contributed by atoms with Gasteiger partial charge < -0.3 is 5.32 Å². The molecule has 1 aromatic carbocycles. The fourth-order valence-corrected chi connectivity index (χ4v) is 4.80. The van der Waals surface area contributed by atoms with Crippen LogP contribution < -0.4 is 5.32 Å². The predicted molar refractivity (Wildman–Crippen MR) is 101 cm³/mol. The molecule has 1 aromatic heterocycles. The van der Waals surface area contributed by atoms with E-state index < -0.39 is 0 Å². The Hall–Kier alpha value is -2.42. The smallest absolute Gasteiger partial charge is 0.161 e. The van der Waals surface area contributed by atoms with Crippen molar-refractivity contribution in [2.45, 2.75) is 44.6 Å². The van der Waals surface area contributed by atoms with E-state index in [0.717, 1.165) is 48.6 Å². The van der Waals surface area contributed by atoms with Crippen LogP contribution >= 0.6 is 0 Å². The van der Waals surface area contributed by atoms with Gasteiger partial charge in [0.15, 0.2) is 5.78 Å². The van der Waals surface area contributed by atoms with Crippen LogP contribution in [0.15, 0.2) is 48.2 Å². The van der Waals surface area contributed by atoms with Crippen molar-refractivity contribution in [1.82, 2.24) is 4.98 Å². The molecule has 1 aliphatic heterocycles. The Morgan fingerprint density at radius 2 is 2.08 bits per heavy atom. The second kappa shape index (κ2) is 5.83. The maximum atomic E-state index is 12.9. The lowest BCUT2D eigenvalue weighted by Crippen LogP contribution is -2.39. The van der Waals surface area contributed by atoms with Gasteiger partial charge in [0.2, 0.25) is 0 Å². The summed E-state index contributed by atoms with van der Waals surface area (Å²) in [4.78, 5) is 17.4. The van der Waals surface area contributed by atoms with E-state index in [-0.39, 0.29) is 6.04 Å². The van der Waals surface area contributed by atoms with Gasteiger partial charge in [-0.1, -0.05) is 18.2 Å². The predicted octanol–water partition coefficient (Wildman–Crippen LogP) is 4.89. The summed E-state index contributed by atoms with van der Waals surface area (Å²) in [7, 11) is 0. The lowest BCUT2D eigenvalue weighted by molar-refractivity contribution is -0.116. The van der Waals surface area contributed by atoms with E-state index >= 15 is 0 Å². The summed E-state index contributed by atoms with van der Waals surface area (Å²) in [6.45, 7) is 0. The summed E-state index contributed by atoms with van der Waals surface area (Å²) in [5.74, 6) is 0.856. The number of ketones is 1. The molecule has 3 heteroatoms.